The molecular weight excluding hydrogens is 612 g/mol. The highest BCUT2D eigenvalue weighted by molar-refractivity contribution is 7.89. The number of sulfonamides is 1. The van der Waals surface area contributed by atoms with Crippen molar-refractivity contribution in [2.75, 3.05) is 7.11 Å². The largest absolute Gasteiger partial charge is 0.465 e. The molecular formula is C35H33ClN2O6S. The van der Waals surface area contributed by atoms with Crippen LogP contribution in [-0.4, -0.2) is 36.6 Å². The molecule has 3 aromatic carbocycles. The molecule has 0 spiro atoms. The molecule has 0 radical (unpaired) electrons. The van der Waals surface area contributed by atoms with Crippen LogP contribution in [0.4, 0.5) is 0 Å². The highest BCUT2D eigenvalue weighted by Gasteiger charge is 2.40. The highest BCUT2D eigenvalue weighted by atomic mass is 35.5. The minimum Gasteiger partial charge on any atom is -0.465 e. The zero-order valence-corrected chi connectivity index (χ0v) is 26.9. The van der Waals surface area contributed by atoms with Crippen molar-refractivity contribution in [2.45, 2.75) is 44.8 Å². The lowest BCUT2D eigenvalue weighted by Gasteiger charge is -2.26. The van der Waals surface area contributed by atoms with E-state index in [9.17, 15) is 18.0 Å². The molecule has 0 unspecified atom stereocenters. The number of hydrogen-bond donors (Lipinski definition) is 0. The van der Waals surface area contributed by atoms with E-state index in [0.29, 0.717) is 16.5 Å². The lowest BCUT2D eigenvalue weighted by molar-refractivity contribution is -0.136. The summed E-state index contributed by atoms with van der Waals surface area (Å²) in [5.74, 6) is -0.365. The van der Waals surface area contributed by atoms with Crippen molar-refractivity contribution >= 4 is 39.6 Å². The Morgan fingerprint density at radius 2 is 1.62 bits per heavy atom. The number of nitrogens with zero attached hydrogens (tertiary/aromatic N) is 2. The van der Waals surface area contributed by atoms with Crippen LogP contribution in [0, 0.1) is 6.92 Å². The molecule has 1 aliphatic rings. The quantitative estimate of drug-likeness (QED) is 0.135. The topological polar surface area (TPSA) is 97.1 Å². The Hall–Kier alpha value is -4.44. The lowest BCUT2D eigenvalue weighted by Crippen LogP contribution is -2.30. The number of carbonyl (C=O) groups is 2. The molecule has 1 atom stereocenters. The van der Waals surface area contributed by atoms with Crippen LogP contribution in [0.15, 0.2) is 117 Å². The average molecular weight is 645 g/mol. The van der Waals surface area contributed by atoms with Gasteiger partial charge in [0.05, 0.1) is 35.7 Å². The van der Waals surface area contributed by atoms with E-state index >= 15 is 0 Å². The van der Waals surface area contributed by atoms with Gasteiger partial charge in [0, 0.05) is 17.3 Å². The van der Waals surface area contributed by atoms with Crippen molar-refractivity contribution in [3.05, 3.63) is 141 Å². The number of aryl methyl sites for hydroxylation is 1. The van der Waals surface area contributed by atoms with Gasteiger partial charge >= 0.3 is 5.97 Å². The zero-order chi connectivity index (χ0) is 32.3. The number of allylic oxidation sites excluding steroid dienone is 1. The summed E-state index contributed by atoms with van der Waals surface area (Å²) in [5, 5.41) is 0.427. The molecule has 1 aromatic heterocycles. The Morgan fingerprint density at radius 1 is 0.956 bits per heavy atom. The van der Waals surface area contributed by atoms with Gasteiger partial charge in [-0.25, -0.2) is 13.2 Å². The summed E-state index contributed by atoms with van der Waals surface area (Å²) in [6.07, 6.45) is 1.50. The number of esters is 1. The van der Waals surface area contributed by atoms with Gasteiger partial charge in [0.2, 0.25) is 10.0 Å². The van der Waals surface area contributed by atoms with Crippen LogP contribution in [0.5, 0.6) is 0 Å². The summed E-state index contributed by atoms with van der Waals surface area (Å²) >= 11 is 6.02. The SMILES string of the molecule is COC(=O)C1=C(C)N([C@H](C)c2ccccc2)C(=O)/C1=C/c1ccc(CN(Cc2ccc(C)cc2)S(=O)(=O)c2ccc(Cl)cc2)o1. The number of ether oxygens (including phenoxy) is 1. The molecule has 0 N–H and O–H groups in total. The molecule has 232 valence electrons. The summed E-state index contributed by atoms with van der Waals surface area (Å²) in [7, 11) is -2.68. The number of furan rings is 1. The van der Waals surface area contributed by atoms with E-state index in [1.165, 1.54) is 41.8 Å². The molecule has 5 rings (SSSR count). The molecule has 0 bridgehead atoms. The minimum atomic E-state index is -3.95. The van der Waals surface area contributed by atoms with Crippen molar-refractivity contribution in [3.8, 4) is 0 Å². The number of rotatable bonds is 10. The zero-order valence-electron chi connectivity index (χ0n) is 25.4. The Bertz CT molecular complexity index is 1880. The van der Waals surface area contributed by atoms with E-state index < -0.39 is 16.0 Å². The van der Waals surface area contributed by atoms with Crippen LogP contribution in [0.1, 0.15) is 48.1 Å². The fourth-order valence-corrected chi connectivity index (χ4v) is 6.82. The molecule has 0 fully saturated rings. The normalized spacial score (nSPS) is 15.3. The maximum absolute atomic E-state index is 13.8. The number of benzene rings is 3. The summed E-state index contributed by atoms with van der Waals surface area (Å²) in [6.45, 7) is 5.59. The first-order chi connectivity index (χ1) is 21.5. The Morgan fingerprint density at radius 3 is 2.27 bits per heavy atom. The van der Waals surface area contributed by atoms with Gasteiger partial charge in [0.15, 0.2) is 0 Å². The summed E-state index contributed by atoms with van der Waals surface area (Å²) < 4.78 is 40.0. The van der Waals surface area contributed by atoms with E-state index in [-0.39, 0.29) is 46.8 Å². The second-order valence-corrected chi connectivity index (χ2v) is 13.2. The van der Waals surface area contributed by atoms with Crippen LogP contribution >= 0.6 is 11.6 Å². The van der Waals surface area contributed by atoms with E-state index in [1.807, 2.05) is 68.4 Å². The van der Waals surface area contributed by atoms with Crippen LogP contribution in [0.25, 0.3) is 6.08 Å². The fraction of sp³-hybridized carbons (Fsp3) is 0.200. The van der Waals surface area contributed by atoms with Gasteiger partial charge in [-0.15, -0.1) is 0 Å². The van der Waals surface area contributed by atoms with Crippen molar-refractivity contribution < 1.29 is 27.2 Å². The van der Waals surface area contributed by atoms with E-state index in [2.05, 4.69) is 0 Å². The first-order valence-electron chi connectivity index (χ1n) is 14.3. The molecule has 0 saturated carbocycles. The predicted molar refractivity (Wildman–Crippen MR) is 172 cm³/mol. The Balaban J connectivity index is 1.47. The Labute approximate surface area is 268 Å². The van der Waals surface area contributed by atoms with Crippen molar-refractivity contribution in [1.29, 1.82) is 0 Å². The summed E-state index contributed by atoms with van der Waals surface area (Å²) in [5.41, 5.74) is 3.52. The van der Waals surface area contributed by atoms with Crippen LogP contribution in [0.2, 0.25) is 5.02 Å². The van der Waals surface area contributed by atoms with Gasteiger partial charge in [-0.1, -0.05) is 71.8 Å². The maximum atomic E-state index is 13.8. The third-order valence-corrected chi connectivity index (χ3v) is 9.79. The summed E-state index contributed by atoms with van der Waals surface area (Å²) in [6, 6.07) is 26.1. The smallest absolute Gasteiger partial charge is 0.340 e. The number of methoxy groups -OCH3 is 1. The monoisotopic (exact) mass is 644 g/mol. The predicted octanol–water partition coefficient (Wildman–Crippen LogP) is 7.07. The fourth-order valence-electron chi connectivity index (χ4n) is 5.30. The number of amides is 1. The van der Waals surface area contributed by atoms with Crippen molar-refractivity contribution in [1.82, 2.24) is 9.21 Å². The highest BCUT2D eigenvalue weighted by Crippen LogP contribution is 2.38. The van der Waals surface area contributed by atoms with Gasteiger partial charge in [0.1, 0.15) is 11.5 Å². The third-order valence-electron chi connectivity index (χ3n) is 7.73. The molecule has 2 heterocycles. The average Bonchev–Trinajstić information content (AvgIpc) is 3.58. The molecule has 4 aromatic rings. The number of hydrogen-bond acceptors (Lipinski definition) is 6. The van der Waals surface area contributed by atoms with Crippen molar-refractivity contribution in [3.63, 3.8) is 0 Å². The van der Waals surface area contributed by atoms with Gasteiger partial charge in [-0.05, 0) is 74.4 Å². The Kier molecular flexibility index (Phi) is 9.43. The van der Waals surface area contributed by atoms with Crippen LogP contribution in [-0.2, 0) is 37.4 Å². The van der Waals surface area contributed by atoms with E-state index in [0.717, 1.165) is 16.7 Å². The van der Waals surface area contributed by atoms with Crippen LogP contribution < -0.4 is 0 Å². The minimum absolute atomic E-state index is 0.0775. The van der Waals surface area contributed by atoms with Crippen LogP contribution in [0.3, 0.4) is 0 Å². The second-order valence-electron chi connectivity index (χ2n) is 10.8. The van der Waals surface area contributed by atoms with Gasteiger partial charge in [-0.2, -0.15) is 4.31 Å². The summed E-state index contributed by atoms with van der Waals surface area (Å²) in [4.78, 5) is 28.3. The molecule has 1 amide bonds. The van der Waals surface area contributed by atoms with E-state index in [4.69, 9.17) is 20.8 Å². The third kappa shape index (κ3) is 6.81. The molecule has 0 aliphatic carbocycles. The van der Waals surface area contributed by atoms with Gasteiger partial charge in [0.25, 0.3) is 5.91 Å². The molecule has 0 saturated heterocycles. The molecule has 1 aliphatic heterocycles. The first kappa shape index (κ1) is 32.0. The number of carbonyl (C=O) groups excluding carboxylic acids is 2. The molecule has 45 heavy (non-hydrogen) atoms. The standard InChI is InChI=1S/C35H33ClN2O6S/c1-23-10-12-26(13-11-23)21-37(45(41,42)31-18-14-28(36)15-19-31)22-30-17-16-29(44-30)20-32-33(35(40)43-4)25(3)38(34(32)39)24(2)27-8-6-5-7-9-27/h5-20,24H,21-22H2,1-4H3/b32-20+/t24-/m1/s1. The van der Waals surface area contributed by atoms with Gasteiger partial charge < -0.3 is 14.1 Å². The van der Waals surface area contributed by atoms with Gasteiger partial charge in [-0.3, -0.25) is 4.79 Å². The second kappa shape index (κ2) is 13.3. The molecule has 10 heteroatoms. The van der Waals surface area contributed by atoms with Crippen molar-refractivity contribution in [2.24, 2.45) is 0 Å². The first-order valence-corrected chi connectivity index (χ1v) is 16.1. The lowest BCUT2D eigenvalue weighted by atomic mass is 10.1. The van der Waals surface area contributed by atoms with E-state index in [1.54, 1.807) is 24.0 Å². The number of halogens is 1. The maximum Gasteiger partial charge on any atom is 0.340 e. The molecule has 8 nitrogen and oxygen atoms in total.